The van der Waals surface area contributed by atoms with Crippen molar-refractivity contribution < 1.29 is 9.59 Å². The number of nitrogens with zero attached hydrogens (tertiary/aromatic N) is 1. The largest absolute Gasteiger partial charge is 0.350 e. The zero-order chi connectivity index (χ0) is 19.1. The summed E-state index contributed by atoms with van der Waals surface area (Å²) in [6.45, 7) is 1.14. The maximum atomic E-state index is 12.1. The average Bonchev–Trinajstić information content (AvgIpc) is 2.58. The topological polar surface area (TPSA) is 61.4 Å². The first-order chi connectivity index (χ1) is 12.3. The van der Waals surface area contributed by atoms with Crippen molar-refractivity contribution in [1.29, 1.82) is 0 Å². The van der Waals surface area contributed by atoms with Gasteiger partial charge in [0.15, 0.2) is 0 Å². The Bertz CT molecular complexity index is 777. The van der Waals surface area contributed by atoms with Gasteiger partial charge in [0, 0.05) is 18.1 Å². The zero-order valence-corrected chi connectivity index (χ0v) is 16.2. The van der Waals surface area contributed by atoms with Crippen molar-refractivity contribution >= 4 is 35.0 Å². The van der Waals surface area contributed by atoms with Gasteiger partial charge in [-0.2, -0.15) is 0 Å². The first-order valence-corrected chi connectivity index (χ1v) is 8.83. The summed E-state index contributed by atoms with van der Waals surface area (Å²) in [5, 5.41) is 6.00. The number of hydrogen-bond acceptors (Lipinski definition) is 3. The Morgan fingerprint density at radius 1 is 0.962 bits per heavy atom. The van der Waals surface area contributed by atoms with Gasteiger partial charge in [-0.1, -0.05) is 47.5 Å². The third-order valence-electron chi connectivity index (χ3n) is 3.60. The number of halogens is 2. The van der Waals surface area contributed by atoms with E-state index < -0.39 is 5.91 Å². The SMILES string of the molecule is CN(C)Cc1ccc(CNC(=O)CNC(=O)c2ccc(Cl)cc2Cl)cc1. The van der Waals surface area contributed by atoms with Gasteiger partial charge in [0.25, 0.3) is 5.91 Å². The van der Waals surface area contributed by atoms with Gasteiger partial charge in [-0.3, -0.25) is 9.59 Å². The van der Waals surface area contributed by atoms with E-state index >= 15 is 0 Å². The molecule has 0 atom stereocenters. The van der Waals surface area contributed by atoms with E-state index in [4.69, 9.17) is 23.2 Å². The quantitative estimate of drug-likeness (QED) is 0.759. The normalized spacial score (nSPS) is 10.7. The number of rotatable bonds is 7. The van der Waals surface area contributed by atoms with Gasteiger partial charge in [0.05, 0.1) is 17.1 Å². The standard InChI is InChI=1S/C19H21Cl2N3O2/c1-24(2)12-14-5-3-13(4-6-14)10-22-18(25)11-23-19(26)16-8-7-15(20)9-17(16)21/h3-9H,10-12H2,1-2H3,(H,22,25)(H,23,26). The highest BCUT2D eigenvalue weighted by Gasteiger charge is 2.12. The fraction of sp³-hybridized carbons (Fsp3) is 0.263. The monoisotopic (exact) mass is 393 g/mol. The van der Waals surface area contributed by atoms with Gasteiger partial charge in [-0.05, 0) is 43.4 Å². The van der Waals surface area contributed by atoms with E-state index in [2.05, 4.69) is 15.5 Å². The molecule has 0 fully saturated rings. The van der Waals surface area contributed by atoms with Crippen LogP contribution in [0.25, 0.3) is 0 Å². The van der Waals surface area contributed by atoms with Crippen LogP contribution in [0.5, 0.6) is 0 Å². The van der Waals surface area contributed by atoms with E-state index in [1.165, 1.54) is 17.7 Å². The van der Waals surface area contributed by atoms with E-state index in [1.807, 2.05) is 38.4 Å². The molecule has 0 saturated carbocycles. The molecule has 2 rings (SSSR count). The minimum atomic E-state index is -0.421. The fourth-order valence-electron chi connectivity index (χ4n) is 2.32. The van der Waals surface area contributed by atoms with Crippen LogP contribution in [0, 0.1) is 0 Å². The molecule has 0 heterocycles. The molecule has 0 aliphatic rings. The summed E-state index contributed by atoms with van der Waals surface area (Å²) in [7, 11) is 4.03. The molecule has 0 saturated heterocycles. The van der Waals surface area contributed by atoms with Crippen molar-refractivity contribution in [2.24, 2.45) is 0 Å². The fourth-order valence-corrected chi connectivity index (χ4v) is 2.81. The van der Waals surface area contributed by atoms with E-state index in [0.29, 0.717) is 11.6 Å². The van der Waals surface area contributed by atoms with Crippen molar-refractivity contribution in [1.82, 2.24) is 15.5 Å². The second kappa shape index (κ2) is 9.57. The summed E-state index contributed by atoms with van der Waals surface area (Å²) in [6, 6.07) is 12.6. The average molecular weight is 394 g/mol. The number of carbonyl (C=O) groups is 2. The highest BCUT2D eigenvalue weighted by molar-refractivity contribution is 6.36. The summed E-state index contributed by atoms with van der Waals surface area (Å²) < 4.78 is 0. The van der Waals surface area contributed by atoms with Gasteiger partial charge >= 0.3 is 0 Å². The lowest BCUT2D eigenvalue weighted by Crippen LogP contribution is -2.36. The Morgan fingerprint density at radius 3 is 2.23 bits per heavy atom. The summed E-state index contributed by atoms with van der Waals surface area (Å²) in [5.74, 6) is -0.698. The highest BCUT2D eigenvalue weighted by atomic mass is 35.5. The molecular formula is C19H21Cl2N3O2. The molecule has 5 nitrogen and oxygen atoms in total. The molecule has 2 aromatic carbocycles. The molecule has 2 aromatic rings. The molecule has 26 heavy (non-hydrogen) atoms. The molecule has 0 unspecified atom stereocenters. The first kappa shape index (κ1) is 20.2. The van der Waals surface area contributed by atoms with Gasteiger partial charge in [-0.25, -0.2) is 0 Å². The molecule has 138 valence electrons. The van der Waals surface area contributed by atoms with E-state index in [1.54, 1.807) is 6.07 Å². The van der Waals surface area contributed by atoms with Gasteiger partial charge in [-0.15, -0.1) is 0 Å². The summed E-state index contributed by atoms with van der Waals surface area (Å²) in [5.41, 5.74) is 2.48. The molecule has 2 N–H and O–H groups in total. The van der Waals surface area contributed by atoms with Gasteiger partial charge in [0.2, 0.25) is 5.91 Å². The Kier molecular flexibility index (Phi) is 7.45. The van der Waals surface area contributed by atoms with Crippen LogP contribution >= 0.6 is 23.2 Å². The Labute approximate surface area is 163 Å². The van der Waals surface area contributed by atoms with Gasteiger partial charge in [0.1, 0.15) is 0 Å². The Morgan fingerprint density at radius 2 is 1.62 bits per heavy atom. The number of nitrogens with one attached hydrogen (secondary N) is 2. The lowest BCUT2D eigenvalue weighted by Gasteiger charge is -2.11. The zero-order valence-electron chi connectivity index (χ0n) is 14.7. The molecule has 0 bridgehead atoms. The van der Waals surface area contributed by atoms with Crippen LogP contribution in [0.1, 0.15) is 21.5 Å². The van der Waals surface area contributed by atoms with Crippen LogP contribution in [0.2, 0.25) is 10.0 Å². The summed E-state index contributed by atoms with van der Waals surface area (Å²) in [6.07, 6.45) is 0. The smallest absolute Gasteiger partial charge is 0.253 e. The second-order valence-electron chi connectivity index (χ2n) is 6.14. The van der Waals surface area contributed by atoms with Crippen molar-refractivity contribution in [2.75, 3.05) is 20.6 Å². The van der Waals surface area contributed by atoms with Crippen LogP contribution in [0.4, 0.5) is 0 Å². The highest BCUT2D eigenvalue weighted by Crippen LogP contribution is 2.20. The van der Waals surface area contributed by atoms with Crippen LogP contribution in [0.15, 0.2) is 42.5 Å². The maximum absolute atomic E-state index is 12.1. The van der Waals surface area contributed by atoms with E-state index in [-0.39, 0.29) is 23.0 Å². The first-order valence-electron chi connectivity index (χ1n) is 8.07. The number of carbonyl (C=O) groups excluding carboxylic acids is 2. The predicted octanol–water partition coefficient (Wildman–Crippen LogP) is 3.10. The summed E-state index contributed by atoms with van der Waals surface area (Å²) >= 11 is 11.8. The van der Waals surface area contributed by atoms with Crippen molar-refractivity contribution in [3.05, 3.63) is 69.2 Å². The number of benzene rings is 2. The second-order valence-corrected chi connectivity index (χ2v) is 6.98. The lowest BCUT2D eigenvalue weighted by molar-refractivity contribution is -0.120. The third kappa shape index (κ3) is 6.33. The Hall–Kier alpha value is -2.08. The van der Waals surface area contributed by atoms with Crippen molar-refractivity contribution in [3.8, 4) is 0 Å². The predicted molar refractivity (Wildman–Crippen MR) is 104 cm³/mol. The third-order valence-corrected chi connectivity index (χ3v) is 4.14. The Balaban J connectivity index is 1.79. The maximum Gasteiger partial charge on any atom is 0.253 e. The molecule has 0 radical (unpaired) electrons. The molecule has 2 amide bonds. The minimum absolute atomic E-state index is 0.128. The molecule has 0 spiro atoms. The molecule has 0 aliphatic carbocycles. The summed E-state index contributed by atoms with van der Waals surface area (Å²) in [4.78, 5) is 26.1. The molecule has 0 aliphatic heterocycles. The van der Waals surface area contributed by atoms with Crippen molar-refractivity contribution in [3.63, 3.8) is 0 Å². The van der Waals surface area contributed by atoms with Crippen LogP contribution < -0.4 is 10.6 Å². The van der Waals surface area contributed by atoms with Crippen LogP contribution in [-0.2, 0) is 17.9 Å². The molecule has 7 heteroatoms. The molecular weight excluding hydrogens is 373 g/mol. The van der Waals surface area contributed by atoms with Crippen LogP contribution in [0.3, 0.4) is 0 Å². The van der Waals surface area contributed by atoms with Gasteiger partial charge < -0.3 is 15.5 Å². The minimum Gasteiger partial charge on any atom is -0.350 e. The van der Waals surface area contributed by atoms with E-state index in [0.717, 1.165) is 12.1 Å². The van der Waals surface area contributed by atoms with E-state index in [9.17, 15) is 9.59 Å². The lowest BCUT2D eigenvalue weighted by atomic mass is 10.1. The van der Waals surface area contributed by atoms with Crippen molar-refractivity contribution in [2.45, 2.75) is 13.1 Å². The molecule has 0 aromatic heterocycles. The number of hydrogen-bond donors (Lipinski definition) is 2. The van der Waals surface area contributed by atoms with Crippen LogP contribution in [-0.4, -0.2) is 37.4 Å². The number of amides is 2.